The third-order valence-electron chi connectivity index (χ3n) is 4.92. The molecule has 0 atom stereocenters. The third kappa shape index (κ3) is 10.5. The van der Waals surface area contributed by atoms with Crippen molar-refractivity contribution in [1.29, 1.82) is 0 Å². The van der Waals surface area contributed by atoms with Crippen molar-refractivity contribution in [2.45, 2.75) is 19.8 Å². The summed E-state index contributed by atoms with van der Waals surface area (Å²) in [5.74, 6) is 1.15. The van der Waals surface area contributed by atoms with Crippen LogP contribution in [-0.2, 0) is 19.1 Å². The lowest BCUT2D eigenvalue weighted by molar-refractivity contribution is -0.130. The molecule has 0 saturated carbocycles. The van der Waals surface area contributed by atoms with Crippen molar-refractivity contribution >= 4 is 46.2 Å². The molecule has 1 aromatic carbocycles. The van der Waals surface area contributed by atoms with Gasteiger partial charge in [-0.2, -0.15) is 0 Å². The van der Waals surface area contributed by atoms with E-state index in [0.29, 0.717) is 9.98 Å². The molecule has 0 spiro atoms. The Morgan fingerprint density at radius 1 is 0.889 bits per heavy atom. The van der Waals surface area contributed by atoms with Gasteiger partial charge in [0.2, 0.25) is 11.8 Å². The molecule has 2 amide bonds. The average Bonchev–Trinajstić information content (AvgIpc) is 2.91. The van der Waals surface area contributed by atoms with Crippen LogP contribution in [0.15, 0.2) is 41.4 Å². The smallest absolute Gasteiger partial charge is 0.229 e. The molecule has 0 heterocycles. The second-order valence-corrected chi connectivity index (χ2v) is 7.92. The van der Waals surface area contributed by atoms with Gasteiger partial charge in [0, 0.05) is 32.5 Å². The molecular weight excluding hydrogens is 504 g/mol. The Kier molecular flexibility index (Phi) is 15.5. The molecule has 0 aliphatic heterocycles. The zero-order chi connectivity index (χ0) is 27.8. The van der Waals surface area contributed by atoms with Crippen molar-refractivity contribution in [3.05, 3.63) is 46.9 Å². The number of allylic oxidation sites excluding steroid dienone is 2. The molecule has 1 aliphatic rings. The van der Waals surface area contributed by atoms with E-state index in [-0.39, 0.29) is 0 Å². The number of carbonyl (C=O) groups excluding carboxylic acids is 2. The number of hydrogen-bond acceptors (Lipinski definition) is 8. The van der Waals surface area contributed by atoms with E-state index in [2.05, 4.69) is 10.6 Å². The molecule has 6 N–H and O–H groups in total. The normalized spacial score (nSPS) is 11.9. The predicted octanol–water partition coefficient (Wildman–Crippen LogP) is 1.95. The van der Waals surface area contributed by atoms with Crippen LogP contribution in [0.25, 0.3) is 0 Å². The van der Waals surface area contributed by atoms with Gasteiger partial charge in [0.25, 0.3) is 0 Å². The summed E-state index contributed by atoms with van der Waals surface area (Å²) in [6, 6.07) is 5.51. The van der Waals surface area contributed by atoms with Gasteiger partial charge in [-0.25, -0.2) is 0 Å². The zero-order valence-electron chi connectivity index (χ0n) is 21.7. The van der Waals surface area contributed by atoms with Gasteiger partial charge in [-0.1, -0.05) is 24.4 Å². The first-order chi connectivity index (χ1) is 17.0. The SMILES string of the molecule is CC(C(N)=O)C(N)=O.CNC(=S)C1=C(OC)CCC(OC)=C1.CNC(=S)c1cc(OC)ccc1OC. The topological polar surface area (TPSA) is 147 Å². The highest BCUT2D eigenvalue weighted by atomic mass is 32.1. The van der Waals surface area contributed by atoms with Crippen LogP contribution in [0, 0.1) is 5.92 Å². The molecular formula is C24H36N4O6S2. The molecule has 0 saturated heterocycles. The Hall–Kier alpha value is -3.38. The summed E-state index contributed by atoms with van der Waals surface area (Å²) in [6.45, 7) is 1.37. The minimum atomic E-state index is -0.852. The van der Waals surface area contributed by atoms with Gasteiger partial charge >= 0.3 is 0 Å². The number of primary amides is 2. The molecule has 0 radical (unpaired) electrons. The number of ether oxygens (including phenoxy) is 4. The third-order valence-corrected chi connectivity index (χ3v) is 5.76. The molecule has 0 fully saturated rings. The molecule has 0 unspecified atom stereocenters. The van der Waals surface area contributed by atoms with Crippen LogP contribution in [0.2, 0.25) is 0 Å². The number of benzene rings is 1. The first-order valence-electron chi connectivity index (χ1n) is 10.8. The summed E-state index contributed by atoms with van der Waals surface area (Å²) in [6.07, 6.45) is 3.64. The molecule has 1 aliphatic carbocycles. The van der Waals surface area contributed by atoms with Crippen LogP contribution >= 0.6 is 24.4 Å². The van der Waals surface area contributed by atoms with Crippen LogP contribution in [-0.4, -0.2) is 64.3 Å². The Morgan fingerprint density at radius 2 is 1.47 bits per heavy atom. The van der Waals surface area contributed by atoms with Crippen LogP contribution in [0.4, 0.5) is 0 Å². The van der Waals surface area contributed by atoms with Crippen molar-refractivity contribution in [3.63, 3.8) is 0 Å². The van der Waals surface area contributed by atoms with E-state index in [9.17, 15) is 9.59 Å². The van der Waals surface area contributed by atoms with Crippen molar-refractivity contribution in [3.8, 4) is 11.5 Å². The fourth-order valence-corrected chi connectivity index (χ4v) is 2.98. The number of hydrogen-bond donors (Lipinski definition) is 4. The van der Waals surface area contributed by atoms with E-state index in [1.165, 1.54) is 6.92 Å². The van der Waals surface area contributed by atoms with Crippen LogP contribution < -0.4 is 31.6 Å². The van der Waals surface area contributed by atoms with Gasteiger partial charge in [-0.05, 0) is 31.2 Å². The number of likely N-dealkylation sites (N-methyl/N-ethyl adjacent to an activating group) is 1. The molecule has 1 aromatic rings. The van der Waals surface area contributed by atoms with Gasteiger partial charge < -0.3 is 41.0 Å². The van der Waals surface area contributed by atoms with E-state index in [1.54, 1.807) is 42.5 Å². The van der Waals surface area contributed by atoms with Crippen molar-refractivity contribution in [2.75, 3.05) is 42.5 Å². The molecule has 2 rings (SSSR count). The van der Waals surface area contributed by atoms with Crippen molar-refractivity contribution in [1.82, 2.24) is 10.6 Å². The summed E-state index contributed by atoms with van der Waals surface area (Å²) >= 11 is 10.3. The van der Waals surface area contributed by atoms with Crippen LogP contribution in [0.1, 0.15) is 25.3 Å². The zero-order valence-corrected chi connectivity index (χ0v) is 23.4. The van der Waals surface area contributed by atoms with Gasteiger partial charge in [0.15, 0.2) is 0 Å². The number of amides is 2. The quantitative estimate of drug-likeness (QED) is 0.285. The largest absolute Gasteiger partial charge is 0.501 e. The Morgan fingerprint density at radius 3 is 1.86 bits per heavy atom. The molecule has 0 bridgehead atoms. The molecule has 12 heteroatoms. The fraction of sp³-hybridized carbons (Fsp3) is 0.417. The number of carbonyl (C=O) groups is 2. The highest BCUT2D eigenvalue weighted by molar-refractivity contribution is 7.81. The van der Waals surface area contributed by atoms with E-state index < -0.39 is 17.7 Å². The van der Waals surface area contributed by atoms with Gasteiger partial charge in [-0.15, -0.1) is 0 Å². The summed E-state index contributed by atoms with van der Waals surface area (Å²) in [7, 11) is 10.2. The Bertz CT molecular complexity index is 981. The standard InChI is InChI=1S/C10H15NO2S.C10H13NO2S.C4H8N2O2/c2*1-11-10(14)8-6-7(12-2)4-5-9(8)13-3;1-2(3(5)7)4(6)8/h6H,4-5H2,1-3H3,(H,11,14);4-6H,1-3H3,(H,11,14);2H,1H3,(H2,5,7)(H2,6,8). The maximum atomic E-state index is 10.1. The number of thiocarbonyl (C=S) groups is 2. The minimum absolute atomic E-state index is 0.640. The van der Waals surface area contributed by atoms with Gasteiger partial charge in [0.1, 0.15) is 33.2 Å². The Labute approximate surface area is 223 Å². The number of nitrogens with one attached hydrogen (secondary N) is 2. The fourth-order valence-electron chi connectivity index (χ4n) is 2.65. The highest BCUT2D eigenvalue weighted by Gasteiger charge is 2.17. The lowest BCUT2D eigenvalue weighted by Gasteiger charge is -2.18. The van der Waals surface area contributed by atoms with Crippen molar-refractivity contribution < 1.29 is 28.5 Å². The first kappa shape index (κ1) is 32.6. The molecule has 0 aromatic heterocycles. The predicted molar refractivity (Wildman–Crippen MR) is 148 cm³/mol. The Balaban J connectivity index is 0.000000533. The molecule has 200 valence electrons. The van der Waals surface area contributed by atoms with Crippen molar-refractivity contribution in [2.24, 2.45) is 17.4 Å². The van der Waals surface area contributed by atoms with E-state index in [0.717, 1.165) is 47.0 Å². The maximum absolute atomic E-state index is 10.1. The number of methoxy groups -OCH3 is 4. The summed E-state index contributed by atoms with van der Waals surface area (Å²) in [5, 5.41) is 5.84. The second kappa shape index (κ2) is 17.1. The lowest BCUT2D eigenvalue weighted by Crippen LogP contribution is -2.32. The second-order valence-electron chi connectivity index (χ2n) is 7.11. The highest BCUT2D eigenvalue weighted by Crippen LogP contribution is 2.25. The monoisotopic (exact) mass is 540 g/mol. The molecule has 10 nitrogen and oxygen atoms in total. The van der Waals surface area contributed by atoms with E-state index >= 15 is 0 Å². The first-order valence-corrected chi connectivity index (χ1v) is 11.6. The summed E-state index contributed by atoms with van der Waals surface area (Å²) < 4.78 is 20.8. The van der Waals surface area contributed by atoms with E-state index in [4.69, 9.17) is 54.9 Å². The maximum Gasteiger partial charge on any atom is 0.229 e. The van der Waals surface area contributed by atoms with Crippen LogP contribution in [0.3, 0.4) is 0 Å². The number of nitrogens with two attached hydrogens (primary N) is 2. The minimum Gasteiger partial charge on any atom is -0.501 e. The summed E-state index contributed by atoms with van der Waals surface area (Å²) in [4.78, 5) is 21.5. The van der Waals surface area contributed by atoms with Gasteiger partial charge in [-0.3, -0.25) is 9.59 Å². The van der Waals surface area contributed by atoms with Gasteiger partial charge in [0.05, 0.1) is 39.8 Å². The number of rotatable bonds is 8. The molecule has 36 heavy (non-hydrogen) atoms. The average molecular weight is 541 g/mol. The lowest BCUT2D eigenvalue weighted by atomic mass is 10.0. The van der Waals surface area contributed by atoms with E-state index in [1.807, 2.05) is 24.3 Å². The summed E-state index contributed by atoms with van der Waals surface area (Å²) in [5.41, 5.74) is 11.2. The van der Waals surface area contributed by atoms with Crippen LogP contribution in [0.5, 0.6) is 11.5 Å².